The predicted molar refractivity (Wildman–Crippen MR) is 79.2 cm³/mol. The van der Waals surface area contributed by atoms with E-state index in [1.165, 1.54) is 0 Å². The van der Waals surface area contributed by atoms with Gasteiger partial charge in [0.2, 0.25) is 0 Å². The van der Waals surface area contributed by atoms with Crippen molar-refractivity contribution in [3.8, 4) is 11.1 Å². The van der Waals surface area contributed by atoms with Gasteiger partial charge in [-0.3, -0.25) is 0 Å². The van der Waals surface area contributed by atoms with E-state index < -0.39 is 11.6 Å². The average molecular weight is 316 g/mol. The van der Waals surface area contributed by atoms with Crippen LogP contribution in [0.25, 0.3) is 11.1 Å². The summed E-state index contributed by atoms with van der Waals surface area (Å²) >= 11 is 12.1. The molecule has 0 saturated heterocycles. The third kappa shape index (κ3) is 3.29. The van der Waals surface area contributed by atoms with E-state index in [0.717, 1.165) is 24.2 Å². The highest BCUT2D eigenvalue weighted by atomic mass is 35.5. The quantitative estimate of drug-likeness (QED) is 0.779. The van der Waals surface area contributed by atoms with Gasteiger partial charge in [0.25, 0.3) is 0 Å². The standard InChI is InChI=1S/C15H13Cl2F2N/c1-2-20-8-10-4-3-9(5-12(10)16)11-6-14(18)15(19)7-13(11)17/h3-7,20H,2,8H2,1H3. The molecule has 0 heterocycles. The van der Waals surface area contributed by atoms with Gasteiger partial charge in [0.1, 0.15) is 0 Å². The highest BCUT2D eigenvalue weighted by Crippen LogP contribution is 2.32. The minimum Gasteiger partial charge on any atom is -0.313 e. The Hall–Kier alpha value is -1.16. The van der Waals surface area contributed by atoms with Gasteiger partial charge in [-0.2, -0.15) is 0 Å². The van der Waals surface area contributed by atoms with E-state index in [2.05, 4.69) is 5.32 Å². The Balaban J connectivity index is 2.39. The van der Waals surface area contributed by atoms with Crippen LogP contribution < -0.4 is 5.32 Å². The largest absolute Gasteiger partial charge is 0.313 e. The number of nitrogens with one attached hydrogen (secondary N) is 1. The third-order valence-corrected chi connectivity index (χ3v) is 3.60. The second-order valence-corrected chi connectivity index (χ2v) is 5.15. The summed E-state index contributed by atoms with van der Waals surface area (Å²) in [4.78, 5) is 0. The molecule has 0 unspecified atom stereocenters. The van der Waals surface area contributed by atoms with Crippen molar-refractivity contribution in [1.82, 2.24) is 5.32 Å². The van der Waals surface area contributed by atoms with Gasteiger partial charge in [-0.05, 0) is 35.9 Å². The molecule has 1 nitrogen and oxygen atoms in total. The molecule has 2 aromatic rings. The van der Waals surface area contributed by atoms with Crippen LogP contribution >= 0.6 is 23.2 Å². The van der Waals surface area contributed by atoms with Crippen LogP contribution in [0.5, 0.6) is 0 Å². The first-order valence-corrected chi connectivity index (χ1v) is 6.92. The van der Waals surface area contributed by atoms with E-state index in [-0.39, 0.29) is 5.02 Å². The zero-order valence-electron chi connectivity index (χ0n) is 10.8. The average Bonchev–Trinajstić information content (AvgIpc) is 2.41. The highest BCUT2D eigenvalue weighted by molar-refractivity contribution is 6.34. The third-order valence-electron chi connectivity index (χ3n) is 2.94. The summed E-state index contributed by atoms with van der Waals surface area (Å²) in [6.07, 6.45) is 0. The Kier molecular flexibility index (Phi) is 4.97. The molecule has 20 heavy (non-hydrogen) atoms. The summed E-state index contributed by atoms with van der Waals surface area (Å²) in [6, 6.07) is 7.38. The maximum absolute atomic E-state index is 13.3. The van der Waals surface area contributed by atoms with Gasteiger partial charge in [0.05, 0.1) is 5.02 Å². The lowest BCUT2D eigenvalue weighted by atomic mass is 10.0. The van der Waals surface area contributed by atoms with Crippen molar-refractivity contribution < 1.29 is 8.78 Å². The number of benzene rings is 2. The first kappa shape index (κ1) is 15.2. The van der Waals surface area contributed by atoms with Crippen molar-refractivity contribution in [3.63, 3.8) is 0 Å². The maximum atomic E-state index is 13.3. The van der Waals surface area contributed by atoms with Crippen molar-refractivity contribution in [1.29, 1.82) is 0 Å². The molecular formula is C15H13Cl2F2N. The van der Waals surface area contributed by atoms with Gasteiger partial charge in [-0.15, -0.1) is 0 Å². The number of halogens is 4. The van der Waals surface area contributed by atoms with Gasteiger partial charge in [0.15, 0.2) is 11.6 Å². The van der Waals surface area contributed by atoms with Crippen molar-refractivity contribution in [3.05, 3.63) is 57.6 Å². The molecule has 0 aromatic heterocycles. The molecule has 0 fully saturated rings. The summed E-state index contributed by atoms with van der Waals surface area (Å²) in [5.41, 5.74) is 2.01. The molecule has 2 rings (SSSR count). The van der Waals surface area contributed by atoms with Crippen LogP contribution in [-0.4, -0.2) is 6.54 Å². The lowest BCUT2D eigenvalue weighted by molar-refractivity contribution is 0.509. The topological polar surface area (TPSA) is 12.0 Å². The Labute approximate surface area is 126 Å². The van der Waals surface area contributed by atoms with Crippen LogP contribution in [0, 0.1) is 11.6 Å². The van der Waals surface area contributed by atoms with E-state index in [1.807, 2.05) is 13.0 Å². The molecule has 0 aliphatic rings. The van der Waals surface area contributed by atoms with Gasteiger partial charge >= 0.3 is 0 Å². The number of rotatable bonds is 4. The smallest absolute Gasteiger partial charge is 0.160 e. The molecule has 2 aromatic carbocycles. The molecule has 0 atom stereocenters. The molecule has 0 bridgehead atoms. The van der Waals surface area contributed by atoms with E-state index in [0.29, 0.717) is 22.7 Å². The Morgan fingerprint density at radius 3 is 2.35 bits per heavy atom. The monoisotopic (exact) mass is 315 g/mol. The fourth-order valence-corrected chi connectivity index (χ4v) is 2.37. The van der Waals surface area contributed by atoms with Gasteiger partial charge < -0.3 is 5.32 Å². The minimum atomic E-state index is -0.964. The Morgan fingerprint density at radius 1 is 1.00 bits per heavy atom. The first-order chi connectivity index (χ1) is 9.52. The highest BCUT2D eigenvalue weighted by Gasteiger charge is 2.11. The lowest BCUT2D eigenvalue weighted by Crippen LogP contribution is -2.11. The van der Waals surface area contributed by atoms with Crippen molar-refractivity contribution in [2.24, 2.45) is 0 Å². The maximum Gasteiger partial charge on any atom is 0.160 e. The second kappa shape index (κ2) is 6.53. The van der Waals surface area contributed by atoms with Crippen LogP contribution in [0.1, 0.15) is 12.5 Å². The van der Waals surface area contributed by atoms with Crippen LogP contribution in [0.3, 0.4) is 0 Å². The van der Waals surface area contributed by atoms with Crippen molar-refractivity contribution in [2.45, 2.75) is 13.5 Å². The van der Waals surface area contributed by atoms with E-state index in [4.69, 9.17) is 23.2 Å². The molecule has 0 spiro atoms. The number of hydrogen-bond acceptors (Lipinski definition) is 1. The van der Waals surface area contributed by atoms with Gasteiger partial charge in [0, 0.05) is 17.1 Å². The minimum absolute atomic E-state index is 0.152. The zero-order valence-corrected chi connectivity index (χ0v) is 12.3. The molecule has 0 amide bonds. The fourth-order valence-electron chi connectivity index (χ4n) is 1.86. The van der Waals surface area contributed by atoms with E-state index in [9.17, 15) is 8.78 Å². The van der Waals surface area contributed by atoms with Crippen molar-refractivity contribution in [2.75, 3.05) is 6.54 Å². The normalized spacial score (nSPS) is 10.8. The molecule has 0 saturated carbocycles. The molecule has 0 aliphatic heterocycles. The Bertz CT molecular complexity index is 630. The van der Waals surface area contributed by atoms with Crippen LogP contribution in [0.15, 0.2) is 30.3 Å². The van der Waals surface area contributed by atoms with Crippen LogP contribution in [-0.2, 0) is 6.54 Å². The van der Waals surface area contributed by atoms with Gasteiger partial charge in [-0.1, -0.05) is 42.3 Å². The lowest BCUT2D eigenvalue weighted by Gasteiger charge is -2.09. The fraction of sp³-hybridized carbons (Fsp3) is 0.200. The van der Waals surface area contributed by atoms with Crippen molar-refractivity contribution >= 4 is 23.2 Å². The summed E-state index contributed by atoms with van der Waals surface area (Å²) < 4.78 is 26.4. The SMILES string of the molecule is CCNCc1ccc(-c2cc(F)c(F)cc2Cl)cc1Cl. The molecule has 0 aliphatic carbocycles. The van der Waals surface area contributed by atoms with Gasteiger partial charge in [-0.25, -0.2) is 8.78 Å². The zero-order chi connectivity index (χ0) is 14.7. The van der Waals surface area contributed by atoms with E-state index >= 15 is 0 Å². The molecule has 1 N–H and O–H groups in total. The summed E-state index contributed by atoms with van der Waals surface area (Å²) in [6.45, 7) is 3.50. The molecule has 106 valence electrons. The summed E-state index contributed by atoms with van der Waals surface area (Å²) in [7, 11) is 0. The summed E-state index contributed by atoms with van der Waals surface area (Å²) in [5.74, 6) is -1.90. The summed E-state index contributed by atoms with van der Waals surface area (Å²) in [5, 5.41) is 3.88. The first-order valence-electron chi connectivity index (χ1n) is 6.17. The predicted octanol–water partition coefficient (Wildman–Crippen LogP) is 5.05. The number of hydrogen-bond donors (Lipinski definition) is 1. The molecule has 0 radical (unpaired) electrons. The Morgan fingerprint density at radius 2 is 1.70 bits per heavy atom. The molecular weight excluding hydrogens is 303 g/mol. The van der Waals surface area contributed by atoms with Crippen LogP contribution in [0.4, 0.5) is 8.78 Å². The van der Waals surface area contributed by atoms with E-state index in [1.54, 1.807) is 12.1 Å². The van der Waals surface area contributed by atoms with Crippen LogP contribution in [0.2, 0.25) is 10.0 Å². The molecule has 5 heteroatoms. The second-order valence-electron chi connectivity index (χ2n) is 4.33.